The number of pyridine rings is 1. The van der Waals surface area contributed by atoms with E-state index in [1.165, 1.54) is 23.5 Å². The number of rotatable bonds is 7. The molecule has 1 fully saturated rings. The summed E-state index contributed by atoms with van der Waals surface area (Å²) in [6.45, 7) is 0.394. The van der Waals surface area contributed by atoms with Crippen molar-refractivity contribution in [2.24, 2.45) is 0 Å². The molecule has 1 aromatic carbocycles. The number of ether oxygens (including phenoxy) is 4. The molecule has 0 bridgehead atoms. The molecule has 0 saturated carbocycles. The zero-order valence-corrected chi connectivity index (χ0v) is 19.7. The maximum Gasteiger partial charge on any atom is 0.417 e. The number of hydrogen-bond donors (Lipinski definition) is 1. The number of carbonyl (C=O) groups excluding carboxylic acids is 2. The number of amides is 2. The molecule has 0 spiro atoms. The third kappa shape index (κ3) is 5.25. The predicted molar refractivity (Wildman–Crippen MR) is 132 cm³/mol. The lowest BCUT2D eigenvalue weighted by molar-refractivity contribution is -0.116. The molecule has 5 rings (SSSR count). The fourth-order valence-electron chi connectivity index (χ4n) is 3.98. The summed E-state index contributed by atoms with van der Waals surface area (Å²) in [7, 11) is 1.57. The summed E-state index contributed by atoms with van der Waals surface area (Å²) >= 11 is 0. The van der Waals surface area contributed by atoms with Crippen LogP contribution in [-0.4, -0.2) is 48.2 Å². The van der Waals surface area contributed by atoms with E-state index in [0.717, 1.165) is 34.9 Å². The van der Waals surface area contributed by atoms with E-state index in [2.05, 4.69) is 16.4 Å². The van der Waals surface area contributed by atoms with Crippen molar-refractivity contribution in [1.29, 1.82) is 0 Å². The van der Waals surface area contributed by atoms with Crippen LogP contribution in [0.5, 0.6) is 5.88 Å². The average molecular weight is 488 g/mol. The topological polar surface area (TPSA) is 99.2 Å². The minimum Gasteiger partial charge on any atom is -0.481 e. The van der Waals surface area contributed by atoms with Gasteiger partial charge in [0.05, 0.1) is 25.7 Å². The molecule has 1 N–H and O–H groups in total. The van der Waals surface area contributed by atoms with E-state index in [-0.39, 0.29) is 24.9 Å². The number of carbonyl (C=O) groups is 2. The van der Waals surface area contributed by atoms with Crippen LogP contribution in [0, 0.1) is 0 Å². The van der Waals surface area contributed by atoms with Gasteiger partial charge in [0.1, 0.15) is 12.4 Å². The summed E-state index contributed by atoms with van der Waals surface area (Å²) < 4.78 is 21.8. The van der Waals surface area contributed by atoms with Gasteiger partial charge in [0.25, 0.3) is 0 Å². The predicted octanol–water partition coefficient (Wildman–Crippen LogP) is 4.16. The fraction of sp³-hybridized carbons (Fsp3) is 0.222. The average Bonchev–Trinajstić information content (AvgIpc) is 3.31. The lowest BCUT2D eigenvalue weighted by atomic mass is 10.0. The van der Waals surface area contributed by atoms with Crippen LogP contribution in [0.4, 0.5) is 4.79 Å². The molecule has 36 heavy (non-hydrogen) atoms. The Bertz CT molecular complexity index is 1340. The maximum atomic E-state index is 12.4. The molecule has 1 aromatic heterocycles. The van der Waals surface area contributed by atoms with Crippen molar-refractivity contribution in [2.45, 2.75) is 18.9 Å². The molecule has 9 heteroatoms. The lowest BCUT2D eigenvalue weighted by Gasteiger charge is -2.23. The number of cyclic esters (lactones) is 1. The summed E-state index contributed by atoms with van der Waals surface area (Å²) in [5, 5.41) is 3.71. The van der Waals surface area contributed by atoms with Crippen molar-refractivity contribution in [2.75, 3.05) is 20.2 Å². The molecule has 1 saturated heterocycles. The van der Waals surface area contributed by atoms with Crippen LogP contribution < -0.4 is 10.1 Å². The van der Waals surface area contributed by atoms with Gasteiger partial charge in [0.2, 0.25) is 17.7 Å². The van der Waals surface area contributed by atoms with E-state index < -0.39 is 12.2 Å². The smallest absolute Gasteiger partial charge is 0.417 e. The highest BCUT2D eigenvalue weighted by Crippen LogP contribution is 2.29. The first kappa shape index (κ1) is 23.2. The van der Waals surface area contributed by atoms with Crippen molar-refractivity contribution in [3.05, 3.63) is 89.9 Å². The van der Waals surface area contributed by atoms with Gasteiger partial charge in [-0.05, 0) is 48.3 Å². The summed E-state index contributed by atoms with van der Waals surface area (Å²) in [5.41, 5.74) is 2.66. The van der Waals surface area contributed by atoms with Crippen molar-refractivity contribution in [1.82, 2.24) is 15.2 Å². The number of aromatic nitrogens is 1. The quantitative estimate of drug-likeness (QED) is 0.586. The van der Waals surface area contributed by atoms with Crippen LogP contribution in [-0.2, 0) is 19.0 Å². The van der Waals surface area contributed by atoms with Crippen molar-refractivity contribution in [3.63, 3.8) is 0 Å². The number of fused-ring (bicyclic) bond motifs is 1. The van der Waals surface area contributed by atoms with E-state index >= 15 is 0 Å². The molecular formula is C27H25N3O6. The van der Waals surface area contributed by atoms with Crippen LogP contribution >= 0.6 is 0 Å². The van der Waals surface area contributed by atoms with E-state index in [9.17, 15) is 9.59 Å². The zero-order valence-electron chi connectivity index (χ0n) is 19.7. The van der Waals surface area contributed by atoms with Crippen molar-refractivity contribution < 1.29 is 28.5 Å². The minimum atomic E-state index is -0.556. The molecule has 0 unspecified atom stereocenters. The second-order valence-corrected chi connectivity index (χ2v) is 8.34. The summed E-state index contributed by atoms with van der Waals surface area (Å²) in [6.07, 6.45) is 12.7. The van der Waals surface area contributed by atoms with E-state index in [1.54, 1.807) is 19.3 Å². The molecule has 0 radical (unpaired) electrons. The van der Waals surface area contributed by atoms with Crippen LogP contribution in [0.1, 0.15) is 18.4 Å². The molecule has 2 amide bonds. The van der Waals surface area contributed by atoms with E-state index in [0.29, 0.717) is 11.6 Å². The summed E-state index contributed by atoms with van der Waals surface area (Å²) in [4.78, 5) is 30.5. The first-order valence-corrected chi connectivity index (χ1v) is 11.6. The van der Waals surface area contributed by atoms with Gasteiger partial charge < -0.3 is 24.3 Å². The number of nitrogens with zero attached hydrogens (tertiary/aromatic N) is 2. The number of methoxy groups -OCH3 is 1. The van der Waals surface area contributed by atoms with Crippen molar-refractivity contribution >= 4 is 29.0 Å². The van der Waals surface area contributed by atoms with Gasteiger partial charge in [0, 0.05) is 17.5 Å². The van der Waals surface area contributed by atoms with Crippen LogP contribution in [0.25, 0.3) is 17.0 Å². The van der Waals surface area contributed by atoms with Crippen LogP contribution in [0.2, 0.25) is 0 Å². The molecular weight excluding hydrogens is 462 g/mol. The lowest BCUT2D eigenvalue weighted by Crippen LogP contribution is -2.34. The SMILES string of the molecule is COc1ccc2cc(/C=C/C(=O)NC[C@@H]3CN(C4=COC=C(C5=CC=CCC5)O4)C(=O)O3)ccc2n1. The first-order chi connectivity index (χ1) is 17.6. The fourth-order valence-corrected chi connectivity index (χ4v) is 3.98. The molecule has 2 aromatic rings. The highest BCUT2D eigenvalue weighted by molar-refractivity contribution is 5.92. The molecule has 3 heterocycles. The second-order valence-electron chi connectivity index (χ2n) is 8.34. The number of benzene rings is 1. The molecule has 3 aliphatic rings. The number of hydrogen-bond acceptors (Lipinski definition) is 7. The van der Waals surface area contributed by atoms with E-state index in [4.69, 9.17) is 18.9 Å². The second kappa shape index (κ2) is 10.4. The molecule has 1 aliphatic carbocycles. The van der Waals surface area contributed by atoms with Crippen LogP contribution in [0.3, 0.4) is 0 Å². The Morgan fingerprint density at radius 1 is 1.28 bits per heavy atom. The molecule has 184 valence electrons. The van der Waals surface area contributed by atoms with Gasteiger partial charge in [-0.25, -0.2) is 14.7 Å². The molecule has 1 atom stereocenters. The number of allylic oxidation sites excluding steroid dienone is 4. The standard InChI is InChI=1S/C27H25N3O6/c1-33-25-12-9-20-13-18(7-10-22(20)29-25)8-11-24(31)28-14-21-15-30(27(32)35-21)26-17-34-16-23(36-26)19-5-3-2-4-6-19/h2-3,5,7-13,16-17,21H,4,6,14-15H2,1H3,(H,28,31)/b11-8+/t21-/m1/s1. The first-order valence-electron chi connectivity index (χ1n) is 11.6. The molecule has 9 nitrogen and oxygen atoms in total. The Labute approximate surface area is 208 Å². The third-order valence-electron chi connectivity index (χ3n) is 5.86. The monoisotopic (exact) mass is 487 g/mol. The van der Waals surface area contributed by atoms with Gasteiger partial charge in [-0.15, -0.1) is 0 Å². The van der Waals surface area contributed by atoms with Gasteiger partial charge in [-0.3, -0.25) is 4.79 Å². The van der Waals surface area contributed by atoms with Gasteiger partial charge in [-0.1, -0.05) is 24.3 Å². The summed E-state index contributed by atoms with van der Waals surface area (Å²) in [5.74, 6) is 1.07. The van der Waals surface area contributed by atoms with Gasteiger partial charge in [0.15, 0.2) is 12.0 Å². The maximum absolute atomic E-state index is 12.4. The van der Waals surface area contributed by atoms with Crippen molar-refractivity contribution in [3.8, 4) is 5.88 Å². The van der Waals surface area contributed by atoms with Gasteiger partial charge in [-0.2, -0.15) is 0 Å². The van der Waals surface area contributed by atoms with Gasteiger partial charge >= 0.3 is 6.09 Å². The summed E-state index contributed by atoms with van der Waals surface area (Å²) in [6, 6.07) is 9.38. The zero-order chi connectivity index (χ0) is 24.9. The number of nitrogens with one attached hydrogen (secondary N) is 1. The highest BCUT2D eigenvalue weighted by atomic mass is 16.6. The Balaban J connectivity index is 1.13. The largest absolute Gasteiger partial charge is 0.481 e. The van der Waals surface area contributed by atoms with Crippen LogP contribution in [0.15, 0.2) is 84.4 Å². The Morgan fingerprint density at radius 3 is 3.03 bits per heavy atom. The Morgan fingerprint density at radius 2 is 2.19 bits per heavy atom. The Kier molecular flexibility index (Phi) is 6.70. The molecule has 2 aliphatic heterocycles. The Hall–Kier alpha value is -4.53. The van der Waals surface area contributed by atoms with E-state index in [1.807, 2.05) is 36.4 Å². The highest BCUT2D eigenvalue weighted by Gasteiger charge is 2.36. The third-order valence-corrected chi connectivity index (χ3v) is 5.86. The minimum absolute atomic E-state index is 0.166. The normalized spacial score (nSPS) is 19.2.